The Labute approximate surface area is 130 Å². The molecule has 0 heterocycles. The average molecular weight is 325 g/mol. The molecule has 6 heteroatoms. The van der Waals surface area contributed by atoms with Gasteiger partial charge >= 0.3 is 0 Å². The summed E-state index contributed by atoms with van der Waals surface area (Å²) in [5.74, 6) is 0. The number of aryl methyl sites for hydroxylation is 1. The molecule has 1 unspecified atom stereocenters. The highest BCUT2D eigenvalue weighted by atomic mass is 35.5. The molecule has 0 saturated heterocycles. The molecule has 112 valence electrons. The van der Waals surface area contributed by atoms with Crippen LogP contribution in [0, 0.1) is 6.92 Å². The highest BCUT2D eigenvalue weighted by molar-refractivity contribution is 7.89. The van der Waals surface area contributed by atoms with E-state index in [1.807, 2.05) is 31.2 Å². The highest BCUT2D eigenvalue weighted by Crippen LogP contribution is 2.25. The van der Waals surface area contributed by atoms with Crippen LogP contribution < -0.4 is 10.5 Å². The standard InChI is InChI=1S/C15H17ClN2O2S/c1-10-3-5-12(6-4-10)11(2)18-21(19,20)15-9-13(17)7-8-14(15)16/h3-9,11,18H,17H2,1-2H3. The maximum Gasteiger partial charge on any atom is 0.242 e. The first-order valence-electron chi connectivity index (χ1n) is 6.43. The molecule has 0 fully saturated rings. The second-order valence-corrected chi connectivity index (χ2v) is 7.03. The Kier molecular flexibility index (Phi) is 4.56. The Morgan fingerprint density at radius 3 is 2.38 bits per heavy atom. The Morgan fingerprint density at radius 2 is 1.76 bits per heavy atom. The summed E-state index contributed by atoms with van der Waals surface area (Å²) in [7, 11) is -3.73. The minimum atomic E-state index is -3.73. The van der Waals surface area contributed by atoms with Gasteiger partial charge in [-0.25, -0.2) is 13.1 Å². The van der Waals surface area contributed by atoms with E-state index in [0.29, 0.717) is 5.69 Å². The second kappa shape index (κ2) is 6.05. The van der Waals surface area contributed by atoms with E-state index in [1.165, 1.54) is 12.1 Å². The van der Waals surface area contributed by atoms with E-state index < -0.39 is 10.0 Å². The van der Waals surface area contributed by atoms with Gasteiger partial charge in [0, 0.05) is 11.7 Å². The van der Waals surface area contributed by atoms with E-state index in [4.69, 9.17) is 17.3 Å². The minimum Gasteiger partial charge on any atom is -0.399 e. The Bertz CT molecular complexity index is 743. The van der Waals surface area contributed by atoms with Crippen LogP contribution in [0.1, 0.15) is 24.1 Å². The number of hydrogen-bond acceptors (Lipinski definition) is 3. The summed E-state index contributed by atoms with van der Waals surface area (Å²) in [5.41, 5.74) is 7.98. The topological polar surface area (TPSA) is 72.2 Å². The normalized spacial score (nSPS) is 13.1. The van der Waals surface area contributed by atoms with Crippen LogP contribution in [0.25, 0.3) is 0 Å². The molecular weight excluding hydrogens is 308 g/mol. The minimum absolute atomic E-state index is 0.0110. The van der Waals surface area contributed by atoms with Crippen molar-refractivity contribution in [1.82, 2.24) is 4.72 Å². The van der Waals surface area contributed by atoms with E-state index in [1.54, 1.807) is 13.0 Å². The fourth-order valence-electron chi connectivity index (χ4n) is 1.95. The number of sulfonamides is 1. The summed E-state index contributed by atoms with van der Waals surface area (Å²) >= 11 is 5.96. The third-order valence-electron chi connectivity index (χ3n) is 3.15. The molecule has 0 saturated carbocycles. The number of hydrogen-bond donors (Lipinski definition) is 2. The van der Waals surface area contributed by atoms with Crippen molar-refractivity contribution >= 4 is 27.3 Å². The number of anilines is 1. The number of nitrogens with one attached hydrogen (secondary N) is 1. The van der Waals surface area contributed by atoms with Crippen molar-refractivity contribution in [2.24, 2.45) is 0 Å². The van der Waals surface area contributed by atoms with Gasteiger partial charge < -0.3 is 5.73 Å². The largest absolute Gasteiger partial charge is 0.399 e. The predicted molar refractivity (Wildman–Crippen MR) is 85.8 cm³/mol. The van der Waals surface area contributed by atoms with Crippen molar-refractivity contribution in [3.63, 3.8) is 0 Å². The quantitative estimate of drug-likeness (QED) is 0.848. The Morgan fingerprint density at radius 1 is 1.14 bits per heavy atom. The first-order chi connectivity index (χ1) is 9.79. The lowest BCUT2D eigenvalue weighted by molar-refractivity contribution is 0.567. The van der Waals surface area contributed by atoms with E-state index in [-0.39, 0.29) is 16.0 Å². The van der Waals surface area contributed by atoms with Gasteiger partial charge in [-0.3, -0.25) is 0 Å². The predicted octanol–water partition coefficient (Wildman–Crippen LogP) is 3.27. The van der Waals surface area contributed by atoms with Crippen molar-refractivity contribution in [2.75, 3.05) is 5.73 Å². The van der Waals surface area contributed by atoms with Crippen LogP contribution in [-0.2, 0) is 10.0 Å². The summed E-state index contributed by atoms with van der Waals surface area (Å²) in [4.78, 5) is -0.0110. The number of nitrogen functional groups attached to an aromatic ring is 1. The van der Waals surface area contributed by atoms with E-state index in [9.17, 15) is 8.42 Å². The molecule has 21 heavy (non-hydrogen) atoms. The smallest absolute Gasteiger partial charge is 0.242 e. The third-order valence-corrected chi connectivity index (χ3v) is 5.18. The van der Waals surface area contributed by atoms with Gasteiger partial charge in [0.25, 0.3) is 0 Å². The van der Waals surface area contributed by atoms with Gasteiger partial charge in [0.1, 0.15) is 4.90 Å². The number of rotatable bonds is 4. The number of halogens is 1. The van der Waals surface area contributed by atoms with Gasteiger partial charge in [-0.15, -0.1) is 0 Å². The molecule has 0 radical (unpaired) electrons. The van der Waals surface area contributed by atoms with Gasteiger partial charge in [-0.1, -0.05) is 41.4 Å². The summed E-state index contributed by atoms with van der Waals surface area (Å²) in [6.07, 6.45) is 0. The second-order valence-electron chi connectivity index (χ2n) is 4.94. The van der Waals surface area contributed by atoms with Crippen LogP contribution >= 0.6 is 11.6 Å². The number of nitrogens with two attached hydrogens (primary N) is 1. The van der Waals surface area contributed by atoms with E-state index in [2.05, 4.69) is 4.72 Å². The van der Waals surface area contributed by atoms with Gasteiger partial charge in [0.2, 0.25) is 10.0 Å². The summed E-state index contributed by atoms with van der Waals surface area (Å²) in [6, 6.07) is 11.7. The molecule has 0 bridgehead atoms. The Hall–Kier alpha value is -1.56. The highest BCUT2D eigenvalue weighted by Gasteiger charge is 2.21. The van der Waals surface area contributed by atoms with Gasteiger partial charge in [-0.2, -0.15) is 0 Å². The molecule has 2 aromatic rings. The lowest BCUT2D eigenvalue weighted by Crippen LogP contribution is -2.27. The zero-order valence-electron chi connectivity index (χ0n) is 11.8. The maximum absolute atomic E-state index is 12.4. The molecule has 0 aliphatic heterocycles. The first kappa shape index (κ1) is 15.8. The maximum atomic E-state index is 12.4. The molecule has 0 aromatic heterocycles. The third kappa shape index (κ3) is 3.75. The van der Waals surface area contributed by atoms with E-state index in [0.717, 1.165) is 11.1 Å². The van der Waals surface area contributed by atoms with Crippen molar-refractivity contribution in [3.8, 4) is 0 Å². The van der Waals surface area contributed by atoms with Crippen LogP contribution in [0.2, 0.25) is 5.02 Å². The number of benzene rings is 2. The Balaban J connectivity index is 2.28. The molecule has 1 atom stereocenters. The fraction of sp³-hybridized carbons (Fsp3) is 0.200. The van der Waals surface area contributed by atoms with Crippen LogP contribution in [0.5, 0.6) is 0 Å². The zero-order chi connectivity index (χ0) is 15.6. The first-order valence-corrected chi connectivity index (χ1v) is 8.29. The summed E-state index contributed by atoms with van der Waals surface area (Å²) in [6.45, 7) is 3.76. The van der Waals surface area contributed by atoms with Gasteiger partial charge in [0.15, 0.2) is 0 Å². The molecular formula is C15H17ClN2O2S. The van der Waals surface area contributed by atoms with Crippen LogP contribution in [0.15, 0.2) is 47.4 Å². The molecule has 0 aliphatic carbocycles. The van der Waals surface area contributed by atoms with Crippen LogP contribution in [0.3, 0.4) is 0 Å². The van der Waals surface area contributed by atoms with Crippen molar-refractivity contribution in [3.05, 3.63) is 58.6 Å². The van der Waals surface area contributed by atoms with Crippen LogP contribution in [-0.4, -0.2) is 8.42 Å². The monoisotopic (exact) mass is 324 g/mol. The van der Waals surface area contributed by atoms with E-state index >= 15 is 0 Å². The average Bonchev–Trinajstić information content (AvgIpc) is 2.41. The van der Waals surface area contributed by atoms with Gasteiger partial charge in [-0.05, 0) is 37.6 Å². The van der Waals surface area contributed by atoms with Crippen molar-refractivity contribution in [2.45, 2.75) is 24.8 Å². The molecule has 0 spiro atoms. The van der Waals surface area contributed by atoms with Gasteiger partial charge in [0.05, 0.1) is 5.02 Å². The lowest BCUT2D eigenvalue weighted by Gasteiger charge is -2.16. The molecule has 0 amide bonds. The van der Waals surface area contributed by atoms with Crippen LogP contribution in [0.4, 0.5) is 5.69 Å². The molecule has 4 nitrogen and oxygen atoms in total. The zero-order valence-corrected chi connectivity index (χ0v) is 13.4. The molecule has 0 aliphatic rings. The van der Waals surface area contributed by atoms with Crippen molar-refractivity contribution in [1.29, 1.82) is 0 Å². The molecule has 2 rings (SSSR count). The summed E-state index contributed by atoms with van der Waals surface area (Å²) < 4.78 is 27.4. The molecule has 2 aromatic carbocycles. The fourth-order valence-corrected chi connectivity index (χ4v) is 3.71. The molecule has 3 N–H and O–H groups in total. The SMILES string of the molecule is Cc1ccc(C(C)NS(=O)(=O)c2cc(N)ccc2Cl)cc1. The summed E-state index contributed by atoms with van der Waals surface area (Å²) in [5, 5.41) is 0.146. The van der Waals surface area contributed by atoms with Crippen molar-refractivity contribution < 1.29 is 8.42 Å². The lowest BCUT2D eigenvalue weighted by atomic mass is 10.1.